The number of rotatable bonds is 2. The second kappa shape index (κ2) is 5.28. The Bertz CT molecular complexity index is 533. The van der Waals surface area contributed by atoms with Crippen LogP contribution in [0.15, 0.2) is 22.7 Å². The van der Waals surface area contributed by atoms with E-state index in [1.165, 1.54) is 17.0 Å². The van der Waals surface area contributed by atoms with Gasteiger partial charge >= 0.3 is 0 Å². The highest BCUT2D eigenvalue weighted by molar-refractivity contribution is 9.10. The lowest BCUT2D eigenvalue weighted by molar-refractivity contribution is -0.132. The number of nitrogens with one attached hydrogen (secondary N) is 1. The van der Waals surface area contributed by atoms with Crippen molar-refractivity contribution >= 4 is 33.4 Å². The Morgan fingerprint density at radius 1 is 1.42 bits per heavy atom. The van der Waals surface area contributed by atoms with Crippen LogP contribution in [0.3, 0.4) is 0 Å². The van der Waals surface area contributed by atoms with Crippen LogP contribution < -0.4 is 10.2 Å². The van der Waals surface area contributed by atoms with E-state index in [1.807, 2.05) is 13.8 Å². The van der Waals surface area contributed by atoms with E-state index >= 15 is 0 Å². The molecule has 2 amide bonds. The number of carbonyl (C=O) groups excluding carboxylic acids is 2. The highest BCUT2D eigenvalue weighted by Gasteiger charge is 2.36. The zero-order chi connectivity index (χ0) is 14.2. The van der Waals surface area contributed by atoms with Gasteiger partial charge in [0.2, 0.25) is 11.8 Å². The van der Waals surface area contributed by atoms with Crippen molar-refractivity contribution in [3.8, 4) is 0 Å². The van der Waals surface area contributed by atoms with E-state index in [0.29, 0.717) is 4.47 Å². The number of nitrogens with zero attached hydrogens (tertiary/aromatic N) is 1. The molecule has 1 saturated heterocycles. The molecule has 0 aromatic heterocycles. The zero-order valence-corrected chi connectivity index (χ0v) is 12.2. The van der Waals surface area contributed by atoms with Gasteiger partial charge in [-0.25, -0.2) is 4.39 Å². The van der Waals surface area contributed by atoms with Crippen LogP contribution in [-0.2, 0) is 9.59 Å². The number of carbonyl (C=O) groups is 2. The van der Waals surface area contributed by atoms with Crippen LogP contribution >= 0.6 is 15.9 Å². The molecule has 0 bridgehead atoms. The molecule has 1 fully saturated rings. The number of piperazine rings is 1. The molecule has 1 unspecified atom stereocenters. The quantitative estimate of drug-likeness (QED) is 0.903. The van der Waals surface area contributed by atoms with Gasteiger partial charge in [-0.2, -0.15) is 0 Å². The van der Waals surface area contributed by atoms with Crippen LogP contribution in [0.25, 0.3) is 0 Å². The van der Waals surface area contributed by atoms with E-state index in [-0.39, 0.29) is 30.0 Å². The summed E-state index contributed by atoms with van der Waals surface area (Å²) < 4.78 is 14.5. The minimum absolute atomic E-state index is 0.0468. The number of anilines is 1. The number of hydrogen-bond donors (Lipinski definition) is 1. The molecule has 1 aliphatic rings. The smallest absolute Gasteiger partial charge is 0.250 e. The summed E-state index contributed by atoms with van der Waals surface area (Å²) in [5.74, 6) is -1.13. The summed E-state index contributed by atoms with van der Waals surface area (Å²) >= 11 is 3.24. The third-order valence-corrected chi connectivity index (χ3v) is 3.51. The van der Waals surface area contributed by atoms with Gasteiger partial charge in [-0.05, 0) is 24.1 Å². The largest absolute Gasteiger partial charge is 0.342 e. The van der Waals surface area contributed by atoms with Crippen molar-refractivity contribution in [1.82, 2.24) is 5.32 Å². The summed E-state index contributed by atoms with van der Waals surface area (Å²) in [5.41, 5.74) is 0.125. The lowest BCUT2D eigenvalue weighted by atomic mass is 10.0. The first kappa shape index (κ1) is 14.0. The van der Waals surface area contributed by atoms with Crippen LogP contribution in [0.1, 0.15) is 13.8 Å². The van der Waals surface area contributed by atoms with Crippen molar-refractivity contribution in [2.24, 2.45) is 5.92 Å². The molecule has 1 N–H and O–H groups in total. The minimum atomic E-state index is -0.611. The molecule has 0 saturated carbocycles. The van der Waals surface area contributed by atoms with Crippen molar-refractivity contribution < 1.29 is 14.0 Å². The van der Waals surface area contributed by atoms with E-state index in [9.17, 15) is 14.0 Å². The minimum Gasteiger partial charge on any atom is -0.342 e. The van der Waals surface area contributed by atoms with Crippen molar-refractivity contribution in [2.45, 2.75) is 19.9 Å². The fourth-order valence-electron chi connectivity index (χ4n) is 2.02. The third-order valence-electron chi connectivity index (χ3n) is 3.02. The monoisotopic (exact) mass is 328 g/mol. The van der Waals surface area contributed by atoms with Gasteiger partial charge in [0.25, 0.3) is 0 Å². The Labute approximate surface area is 119 Å². The highest BCUT2D eigenvalue weighted by atomic mass is 79.9. The van der Waals surface area contributed by atoms with Gasteiger partial charge in [0.15, 0.2) is 0 Å². The van der Waals surface area contributed by atoms with Gasteiger partial charge in [0, 0.05) is 4.47 Å². The van der Waals surface area contributed by atoms with Crippen molar-refractivity contribution in [3.63, 3.8) is 0 Å². The Morgan fingerprint density at radius 3 is 2.74 bits per heavy atom. The van der Waals surface area contributed by atoms with E-state index in [1.54, 1.807) is 6.07 Å². The average Bonchev–Trinajstić information content (AvgIpc) is 2.34. The number of hydrogen-bond acceptors (Lipinski definition) is 2. The first-order valence-electron chi connectivity index (χ1n) is 5.96. The first-order chi connectivity index (χ1) is 8.90. The van der Waals surface area contributed by atoms with Gasteiger partial charge in [0.1, 0.15) is 18.4 Å². The predicted molar refractivity (Wildman–Crippen MR) is 73.2 cm³/mol. The first-order valence-corrected chi connectivity index (χ1v) is 6.75. The maximum atomic E-state index is 13.8. The molecule has 1 heterocycles. The highest BCUT2D eigenvalue weighted by Crippen LogP contribution is 2.26. The summed E-state index contributed by atoms with van der Waals surface area (Å²) in [5, 5.41) is 2.64. The average molecular weight is 329 g/mol. The fourth-order valence-corrected chi connectivity index (χ4v) is 2.37. The van der Waals surface area contributed by atoms with Crippen LogP contribution in [0.4, 0.5) is 10.1 Å². The Hall–Kier alpha value is -1.43. The van der Waals surface area contributed by atoms with Crippen molar-refractivity contribution in [1.29, 1.82) is 0 Å². The summed E-state index contributed by atoms with van der Waals surface area (Å²) in [6, 6.07) is 3.71. The van der Waals surface area contributed by atoms with Crippen molar-refractivity contribution in [2.75, 3.05) is 11.4 Å². The number of amides is 2. The molecule has 0 radical (unpaired) electrons. The predicted octanol–water partition coefficient (Wildman–Crippen LogP) is 2.08. The van der Waals surface area contributed by atoms with Gasteiger partial charge < -0.3 is 5.32 Å². The van der Waals surface area contributed by atoms with Gasteiger partial charge in [0.05, 0.1) is 5.69 Å². The summed E-state index contributed by atoms with van der Waals surface area (Å²) in [4.78, 5) is 25.2. The summed E-state index contributed by atoms with van der Waals surface area (Å²) in [7, 11) is 0. The number of halogens is 2. The summed E-state index contributed by atoms with van der Waals surface area (Å²) in [6.07, 6.45) is 0. The van der Waals surface area contributed by atoms with Crippen LogP contribution in [0.2, 0.25) is 0 Å². The van der Waals surface area contributed by atoms with Gasteiger partial charge in [-0.1, -0.05) is 29.8 Å². The van der Waals surface area contributed by atoms with E-state index in [2.05, 4.69) is 21.2 Å². The molecule has 4 nitrogen and oxygen atoms in total. The topological polar surface area (TPSA) is 49.4 Å². The molecule has 102 valence electrons. The third kappa shape index (κ3) is 2.78. The Kier molecular flexibility index (Phi) is 3.89. The van der Waals surface area contributed by atoms with Crippen LogP contribution in [0.5, 0.6) is 0 Å². The lowest BCUT2D eigenvalue weighted by Crippen LogP contribution is -2.60. The second-order valence-corrected chi connectivity index (χ2v) is 5.72. The van der Waals surface area contributed by atoms with Crippen molar-refractivity contribution in [3.05, 3.63) is 28.5 Å². The standard InChI is InChI=1S/C13H14BrFN2O2/c1-7(2)12-13(19)17(6-11(18)16-12)10-5-8(14)3-4-9(10)15/h3-5,7,12H,6H2,1-2H3,(H,16,18). The molecule has 0 spiro atoms. The molecule has 0 aliphatic carbocycles. The van der Waals surface area contributed by atoms with Crippen LogP contribution in [-0.4, -0.2) is 24.4 Å². The SMILES string of the molecule is CC(C)C1NC(=O)CN(c2cc(Br)ccc2F)C1=O. The Morgan fingerprint density at radius 2 is 2.11 bits per heavy atom. The molecule has 1 aliphatic heterocycles. The number of benzene rings is 1. The van der Waals surface area contributed by atoms with Gasteiger partial charge in [-0.3, -0.25) is 14.5 Å². The molecular weight excluding hydrogens is 315 g/mol. The maximum Gasteiger partial charge on any atom is 0.250 e. The molecule has 6 heteroatoms. The van der Waals surface area contributed by atoms with E-state index in [0.717, 1.165) is 0 Å². The molecular formula is C13H14BrFN2O2. The zero-order valence-electron chi connectivity index (χ0n) is 10.6. The normalized spacial score (nSPS) is 19.8. The van der Waals surface area contributed by atoms with E-state index < -0.39 is 11.9 Å². The molecule has 1 atom stereocenters. The lowest BCUT2D eigenvalue weighted by Gasteiger charge is -2.34. The Balaban J connectivity index is 2.40. The van der Waals surface area contributed by atoms with Gasteiger partial charge in [-0.15, -0.1) is 0 Å². The maximum absolute atomic E-state index is 13.8. The summed E-state index contributed by atoms with van der Waals surface area (Å²) in [6.45, 7) is 3.52. The van der Waals surface area contributed by atoms with E-state index in [4.69, 9.17) is 0 Å². The van der Waals surface area contributed by atoms with Crippen LogP contribution in [0, 0.1) is 11.7 Å². The fraction of sp³-hybridized carbons (Fsp3) is 0.385. The molecule has 1 aromatic rings. The molecule has 2 rings (SSSR count). The second-order valence-electron chi connectivity index (χ2n) is 4.81. The molecule has 1 aromatic carbocycles. The molecule has 19 heavy (non-hydrogen) atoms.